The van der Waals surface area contributed by atoms with Crippen LogP contribution in [0.3, 0.4) is 0 Å². The van der Waals surface area contributed by atoms with Crippen molar-refractivity contribution in [3.63, 3.8) is 0 Å². The van der Waals surface area contributed by atoms with E-state index in [1.165, 1.54) is 6.07 Å². The summed E-state index contributed by atoms with van der Waals surface area (Å²) in [5.74, 6) is -0.885. The minimum atomic E-state index is -1.18. The molecule has 0 spiro atoms. The number of hydrogen-bond donors (Lipinski definition) is 1. The summed E-state index contributed by atoms with van der Waals surface area (Å²) in [5.41, 5.74) is -0.880. The zero-order chi connectivity index (χ0) is 15.2. The third-order valence-electron chi connectivity index (χ3n) is 3.13. The van der Waals surface area contributed by atoms with Gasteiger partial charge in [-0.2, -0.15) is 0 Å². The topological polar surface area (TPSA) is 41.6 Å². The van der Waals surface area contributed by atoms with Crippen LogP contribution in [0.2, 0.25) is 0 Å². The van der Waals surface area contributed by atoms with Crippen LogP contribution in [-0.2, 0) is 15.1 Å². The second-order valence-electron chi connectivity index (χ2n) is 5.06. The Balaban J connectivity index is 3.01. The minimum Gasteiger partial charge on any atom is -0.464 e. The van der Waals surface area contributed by atoms with Crippen LogP contribution in [0.4, 0.5) is 4.39 Å². The third kappa shape index (κ3) is 4.02. The van der Waals surface area contributed by atoms with E-state index in [4.69, 9.17) is 4.74 Å². The number of carbonyl (C=O) groups is 1. The number of esters is 1. The molecule has 112 valence electrons. The summed E-state index contributed by atoms with van der Waals surface area (Å²) >= 11 is 0. The molecule has 20 heavy (non-hydrogen) atoms. The summed E-state index contributed by atoms with van der Waals surface area (Å²) in [6.07, 6.45) is 0. The van der Waals surface area contributed by atoms with Gasteiger partial charge in [-0.3, -0.25) is 5.32 Å². The lowest BCUT2D eigenvalue weighted by Crippen LogP contribution is -2.50. The largest absolute Gasteiger partial charge is 0.464 e. The Kier molecular flexibility index (Phi) is 6.10. The normalized spacial score (nSPS) is 14.1. The van der Waals surface area contributed by atoms with Crippen molar-refractivity contribution >= 4 is 5.97 Å². The van der Waals surface area contributed by atoms with Crippen LogP contribution in [0.5, 0.6) is 0 Å². The molecule has 0 aliphatic carbocycles. The number of nitrogens with one attached hydrogen (secondary N) is 1. The van der Waals surface area contributed by atoms with Crippen molar-refractivity contribution in [2.75, 3.05) is 33.8 Å². The van der Waals surface area contributed by atoms with Gasteiger partial charge in [0.25, 0.3) is 0 Å². The SMILES string of the molecule is CCOC(=O)C(C)(NCCN(C)C)c1ccccc1F. The van der Waals surface area contributed by atoms with E-state index in [0.717, 1.165) is 6.54 Å². The Morgan fingerprint density at radius 3 is 2.60 bits per heavy atom. The zero-order valence-corrected chi connectivity index (χ0v) is 12.6. The fourth-order valence-corrected chi connectivity index (χ4v) is 1.95. The first-order valence-corrected chi connectivity index (χ1v) is 6.73. The Labute approximate surface area is 119 Å². The van der Waals surface area contributed by atoms with Gasteiger partial charge in [0.15, 0.2) is 0 Å². The second-order valence-corrected chi connectivity index (χ2v) is 5.06. The fraction of sp³-hybridized carbons (Fsp3) is 0.533. The average molecular weight is 282 g/mol. The lowest BCUT2D eigenvalue weighted by atomic mass is 9.91. The predicted molar refractivity (Wildman–Crippen MR) is 76.9 cm³/mol. The molecule has 0 radical (unpaired) electrons. The molecule has 4 nitrogen and oxygen atoms in total. The molecule has 0 saturated heterocycles. The van der Waals surface area contributed by atoms with Crippen molar-refractivity contribution in [2.24, 2.45) is 0 Å². The first-order chi connectivity index (χ1) is 9.41. The van der Waals surface area contributed by atoms with E-state index in [0.29, 0.717) is 12.1 Å². The van der Waals surface area contributed by atoms with Gasteiger partial charge in [-0.05, 0) is 34.0 Å². The van der Waals surface area contributed by atoms with E-state index >= 15 is 0 Å². The molecule has 0 heterocycles. The van der Waals surface area contributed by atoms with Gasteiger partial charge in [-0.1, -0.05) is 18.2 Å². The number of nitrogens with zero attached hydrogens (tertiary/aromatic N) is 1. The molecule has 0 aliphatic rings. The maximum absolute atomic E-state index is 14.0. The molecular formula is C15H23FN2O2. The Morgan fingerprint density at radius 1 is 1.40 bits per heavy atom. The number of rotatable bonds is 7. The molecule has 1 aromatic carbocycles. The van der Waals surface area contributed by atoms with Gasteiger partial charge in [-0.25, -0.2) is 9.18 Å². The molecule has 0 aliphatic heterocycles. The van der Waals surface area contributed by atoms with Crippen LogP contribution in [0.15, 0.2) is 24.3 Å². The lowest BCUT2D eigenvalue weighted by Gasteiger charge is -2.30. The lowest BCUT2D eigenvalue weighted by molar-refractivity contribution is -0.151. The number of carbonyl (C=O) groups excluding carboxylic acids is 1. The van der Waals surface area contributed by atoms with Crippen LogP contribution in [0, 0.1) is 5.82 Å². The van der Waals surface area contributed by atoms with Gasteiger partial charge < -0.3 is 9.64 Å². The highest BCUT2D eigenvalue weighted by Crippen LogP contribution is 2.25. The van der Waals surface area contributed by atoms with Crippen LogP contribution in [-0.4, -0.2) is 44.7 Å². The first-order valence-electron chi connectivity index (χ1n) is 6.73. The molecule has 0 saturated carbocycles. The molecule has 1 aromatic rings. The molecule has 0 amide bonds. The molecule has 1 atom stereocenters. The third-order valence-corrected chi connectivity index (χ3v) is 3.13. The van der Waals surface area contributed by atoms with Gasteiger partial charge in [0.05, 0.1) is 6.61 Å². The van der Waals surface area contributed by atoms with E-state index in [1.807, 2.05) is 19.0 Å². The van der Waals surface area contributed by atoms with Crippen molar-refractivity contribution in [1.29, 1.82) is 0 Å². The Hall–Kier alpha value is -1.46. The molecule has 0 aromatic heterocycles. The van der Waals surface area contributed by atoms with E-state index in [2.05, 4.69) is 5.32 Å². The van der Waals surface area contributed by atoms with Gasteiger partial charge in [0, 0.05) is 18.7 Å². The first kappa shape index (κ1) is 16.6. The summed E-state index contributed by atoms with van der Waals surface area (Å²) in [4.78, 5) is 14.2. The summed E-state index contributed by atoms with van der Waals surface area (Å²) in [7, 11) is 3.87. The summed E-state index contributed by atoms with van der Waals surface area (Å²) in [6.45, 7) is 4.94. The van der Waals surface area contributed by atoms with E-state index in [1.54, 1.807) is 32.0 Å². The van der Waals surface area contributed by atoms with Gasteiger partial charge >= 0.3 is 5.97 Å². The van der Waals surface area contributed by atoms with Gasteiger partial charge in [0.2, 0.25) is 0 Å². The summed E-state index contributed by atoms with van der Waals surface area (Å²) in [5, 5.41) is 3.11. The average Bonchev–Trinajstić information content (AvgIpc) is 2.38. The van der Waals surface area contributed by atoms with E-state index in [9.17, 15) is 9.18 Å². The van der Waals surface area contributed by atoms with Crippen molar-refractivity contribution < 1.29 is 13.9 Å². The van der Waals surface area contributed by atoms with Crippen LogP contribution in [0.1, 0.15) is 19.4 Å². The van der Waals surface area contributed by atoms with Crippen LogP contribution < -0.4 is 5.32 Å². The number of likely N-dealkylation sites (N-methyl/N-ethyl adjacent to an activating group) is 1. The molecule has 0 fully saturated rings. The Morgan fingerprint density at radius 2 is 2.05 bits per heavy atom. The van der Waals surface area contributed by atoms with Crippen LogP contribution >= 0.6 is 0 Å². The van der Waals surface area contributed by atoms with Crippen molar-refractivity contribution in [1.82, 2.24) is 10.2 Å². The maximum Gasteiger partial charge on any atom is 0.330 e. The molecular weight excluding hydrogens is 259 g/mol. The number of hydrogen-bond acceptors (Lipinski definition) is 4. The van der Waals surface area contributed by atoms with Crippen molar-refractivity contribution in [3.8, 4) is 0 Å². The highest BCUT2D eigenvalue weighted by molar-refractivity contribution is 5.82. The highest BCUT2D eigenvalue weighted by atomic mass is 19.1. The molecule has 1 N–H and O–H groups in total. The van der Waals surface area contributed by atoms with Gasteiger partial charge in [0.1, 0.15) is 11.4 Å². The number of halogens is 1. The zero-order valence-electron chi connectivity index (χ0n) is 12.6. The highest BCUT2D eigenvalue weighted by Gasteiger charge is 2.38. The second kappa shape index (κ2) is 7.36. The number of ether oxygens (including phenoxy) is 1. The molecule has 1 unspecified atom stereocenters. The minimum absolute atomic E-state index is 0.262. The molecule has 0 bridgehead atoms. The summed E-state index contributed by atoms with van der Waals surface area (Å²) in [6, 6.07) is 6.27. The molecule has 5 heteroatoms. The fourth-order valence-electron chi connectivity index (χ4n) is 1.95. The van der Waals surface area contributed by atoms with E-state index < -0.39 is 17.3 Å². The van der Waals surface area contributed by atoms with Crippen molar-refractivity contribution in [2.45, 2.75) is 19.4 Å². The quantitative estimate of drug-likeness (QED) is 0.774. The number of benzene rings is 1. The van der Waals surface area contributed by atoms with Crippen LogP contribution in [0.25, 0.3) is 0 Å². The predicted octanol–water partition coefficient (Wildman–Crippen LogP) is 1.76. The van der Waals surface area contributed by atoms with Crippen molar-refractivity contribution in [3.05, 3.63) is 35.6 Å². The standard InChI is InChI=1S/C15H23FN2O2/c1-5-20-14(19)15(2,17-10-11-18(3)4)12-8-6-7-9-13(12)16/h6-9,17H,5,10-11H2,1-4H3. The maximum atomic E-state index is 14.0. The van der Waals surface area contributed by atoms with E-state index in [-0.39, 0.29) is 6.61 Å². The smallest absolute Gasteiger partial charge is 0.330 e. The Bertz CT molecular complexity index is 451. The van der Waals surface area contributed by atoms with Gasteiger partial charge in [-0.15, -0.1) is 0 Å². The monoisotopic (exact) mass is 282 g/mol. The molecule has 1 rings (SSSR count). The summed E-state index contributed by atoms with van der Waals surface area (Å²) < 4.78 is 19.1.